The summed E-state index contributed by atoms with van der Waals surface area (Å²) in [6.45, 7) is 6.26. The van der Waals surface area contributed by atoms with Crippen LogP contribution in [0.1, 0.15) is 46.5 Å². The van der Waals surface area contributed by atoms with Crippen molar-refractivity contribution in [2.24, 2.45) is 11.8 Å². The molecular weight excluding hydrogens is 308 g/mol. The summed E-state index contributed by atoms with van der Waals surface area (Å²) < 4.78 is 37.4. The average Bonchev–Trinajstić information content (AvgIpc) is 2.35. The second kappa shape index (κ2) is 8.26. The highest BCUT2D eigenvalue weighted by Gasteiger charge is 2.23. The Balaban J connectivity index is 2.14. The number of esters is 1. The van der Waals surface area contributed by atoms with Crippen LogP contribution in [-0.2, 0) is 28.6 Å². The summed E-state index contributed by atoms with van der Waals surface area (Å²) in [5.74, 6) is 0.358. The lowest BCUT2D eigenvalue weighted by Crippen LogP contribution is -2.28. The summed E-state index contributed by atoms with van der Waals surface area (Å²) in [6, 6.07) is 0. The van der Waals surface area contributed by atoms with Gasteiger partial charge in [0.1, 0.15) is 12.2 Å². The molecule has 0 unspecified atom stereocenters. The standard InChI is InChI=1S/C15H28O6S/c1-15(2,3)21-14(16)11-19-9-12-5-7-13(8-6-12)10-20-22(4,17)18/h12-13H,5-11H2,1-4H3/t12-,13-. The maximum atomic E-state index is 11.5. The van der Waals surface area contributed by atoms with Crippen LogP contribution in [0.3, 0.4) is 0 Å². The van der Waals surface area contributed by atoms with Crippen LogP contribution in [0.15, 0.2) is 0 Å². The van der Waals surface area contributed by atoms with Crippen molar-refractivity contribution >= 4 is 16.1 Å². The quantitative estimate of drug-likeness (QED) is 0.523. The Labute approximate surface area is 133 Å². The molecule has 0 N–H and O–H groups in total. The Morgan fingerprint density at radius 1 is 1.05 bits per heavy atom. The summed E-state index contributed by atoms with van der Waals surface area (Å²) in [5.41, 5.74) is -0.488. The molecule has 130 valence electrons. The molecule has 0 amide bonds. The van der Waals surface area contributed by atoms with Gasteiger partial charge in [-0.15, -0.1) is 0 Å². The SMILES string of the molecule is CC(C)(C)OC(=O)COC[C@H]1CC[C@H](COS(C)(=O)=O)CC1. The van der Waals surface area contributed by atoms with E-state index in [-0.39, 0.29) is 25.1 Å². The predicted molar refractivity (Wildman–Crippen MR) is 82.9 cm³/mol. The summed E-state index contributed by atoms with van der Waals surface area (Å²) in [7, 11) is -3.35. The van der Waals surface area contributed by atoms with E-state index in [0.717, 1.165) is 31.9 Å². The van der Waals surface area contributed by atoms with Gasteiger partial charge in [0, 0.05) is 0 Å². The first-order valence-corrected chi connectivity index (χ1v) is 9.51. The van der Waals surface area contributed by atoms with E-state index in [1.54, 1.807) is 0 Å². The Hall–Kier alpha value is -0.660. The molecule has 7 heteroatoms. The first kappa shape index (κ1) is 19.4. The fourth-order valence-electron chi connectivity index (χ4n) is 2.46. The second-order valence-electron chi connectivity index (χ2n) is 6.98. The Morgan fingerprint density at radius 2 is 1.55 bits per heavy atom. The molecule has 1 aliphatic carbocycles. The van der Waals surface area contributed by atoms with Crippen LogP contribution in [0.5, 0.6) is 0 Å². The van der Waals surface area contributed by atoms with Crippen molar-refractivity contribution in [3.05, 3.63) is 0 Å². The van der Waals surface area contributed by atoms with E-state index < -0.39 is 15.7 Å². The second-order valence-corrected chi connectivity index (χ2v) is 8.62. The third-order valence-electron chi connectivity index (χ3n) is 3.48. The van der Waals surface area contributed by atoms with Crippen LogP contribution in [-0.4, -0.2) is 46.1 Å². The zero-order chi connectivity index (χ0) is 16.8. The molecule has 1 aliphatic rings. The fraction of sp³-hybridized carbons (Fsp3) is 0.933. The van der Waals surface area contributed by atoms with Gasteiger partial charge in [0.25, 0.3) is 10.1 Å². The van der Waals surface area contributed by atoms with E-state index in [2.05, 4.69) is 0 Å². The smallest absolute Gasteiger partial charge is 0.332 e. The molecule has 0 heterocycles. The summed E-state index contributed by atoms with van der Waals surface area (Å²) in [4.78, 5) is 11.5. The Bertz CT molecular complexity index is 443. The van der Waals surface area contributed by atoms with Crippen LogP contribution < -0.4 is 0 Å². The van der Waals surface area contributed by atoms with Crippen LogP contribution >= 0.6 is 0 Å². The zero-order valence-electron chi connectivity index (χ0n) is 14.0. The minimum atomic E-state index is -3.35. The molecule has 0 aliphatic heterocycles. The van der Waals surface area contributed by atoms with Crippen LogP contribution in [0.4, 0.5) is 0 Å². The topological polar surface area (TPSA) is 78.9 Å². The Morgan fingerprint density at radius 3 is 2.00 bits per heavy atom. The highest BCUT2D eigenvalue weighted by Crippen LogP contribution is 2.29. The zero-order valence-corrected chi connectivity index (χ0v) is 14.8. The summed E-state index contributed by atoms with van der Waals surface area (Å²) in [6.07, 6.45) is 4.85. The first-order chi connectivity index (χ1) is 10.1. The lowest BCUT2D eigenvalue weighted by Gasteiger charge is -2.28. The van der Waals surface area contributed by atoms with Gasteiger partial charge in [0.2, 0.25) is 0 Å². The molecule has 0 bridgehead atoms. The third kappa shape index (κ3) is 9.38. The van der Waals surface area contributed by atoms with Gasteiger partial charge in [0.05, 0.1) is 19.5 Å². The highest BCUT2D eigenvalue weighted by molar-refractivity contribution is 7.85. The monoisotopic (exact) mass is 336 g/mol. The molecule has 22 heavy (non-hydrogen) atoms. The molecule has 0 aromatic heterocycles. The maximum absolute atomic E-state index is 11.5. The lowest BCUT2D eigenvalue weighted by atomic mass is 9.83. The molecule has 1 saturated carbocycles. The number of hydrogen-bond acceptors (Lipinski definition) is 6. The molecule has 0 radical (unpaired) electrons. The van der Waals surface area contributed by atoms with Crippen LogP contribution in [0.25, 0.3) is 0 Å². The molecule has 0 spiro atoms. The maximum Gasteiger partial charge on any atom is 0.332 e. The van der Waals surface area contributed by atoms with Crippen molar-refractivity contribution in [3.63, 3.8) is 0 Å². The van der Waals surface area contributed by atoms with Gasteiger partial charge in [-0.05, 0) is 58.3 Å². The molecule has 1 rings (SSSR count). The van der Waals surface area contributed by atoms with E-state index in [4.69, 9.17) is 13.7 Å². The molecule has 1 fully saturated rings. The number of ether oxygens (including phenoxy) is 2. The highest BCUT2D eigenvalue weighted by atomic mass is 32.2. The predicted octanol–water partition coefficient (Wildman–Crippen LogP) is 2.13. The van der Waals surface area contributed by atoms with Gasteiger partial charge in [-0.1, -0.05) is 0 Å². The molecule has 0 aromatic rings. The minimum absolute atomic E-state index is 0.0195. The van der Waals surface area contributed by atoms with E-state index in [0.29, 0.717) is 12.5 Å². The van der Waals surface area contributed by atoms with Crippen LogP contribution in [0.2, 0.25) is 0 Å². The van der Waals surface area contributed by atoms with Gasteiger partial charge < -0.3 is 9.47 Å². The van der Waals surface area contributed by atoms with Crippen molar-refractivity contribution in [1.82, 2.24) is 0 Å². The van der Waals surface area contributed by atoms with Crippen molar-refractivity contribution in [2.45, 2.75) is 52.1 Å². The van der Waals surface area contributed by atoms with E-state index in [1.165, 1.54) is 0 Å². The summed E-state index contributed by atoms with van der Waals surface area (Å²) >= 11 is 0. The van der Waals surface area contributed by atoms with Gasteiger partial charge in [-0.3, -0.25) is 4.18 Å². The van der Waals surface area contributed by atoms with Gasteiger partial charge in [-0.2, -0.15) is 8.42 Å². The van der Waals surface area contributed by atoms with Gasteiger partial charge in [-0.25, -0.2) is 4.79 Å². The van der Waals surface area contributed by atoms with Gasteiger partial charge in [0.15, 0.2) is 0 Å². The normalized spacial score (nSPS) is 23.3. The molecular formula is C15H28O6S. The first-order valence-electron chi connectivity index (χ1n) is 7.69. The minimum Gasteiger partial charge on any atom is -0.458 e. The van der Waals surface area contributed by atoms with E-state index in [9.17, 15) is 13.2 Å². The van der Waals surface area contributed by atoms with Crippen molar-refractivity contribution in [1.29, 1.82) is 0 Å². The average molecular weight is 336 g/mol. The van der Waals surface area contributed by atoms with Gasteiger partial charge >= 0.3 is 5.97 Å². The molecule has 0 aromatic carbocycles. The van der Waals surface area contributed by atoms with Crippen LogP contribution in [0, 0.1) is 11.8 Å². The number of hydrogen-bond donors (Lipinski definition) is 0. The molecule has 0 atom stereocenters. The lowest BCUT2D eigenvalue weighted by molar-refractivity contribution is -0.160. The largest absolute Gasteiger partial charge is 0.458 e. The fourth-order valence-corrected chi connectivity index (χ4v) is 2.90. The van der Waals surface area contributed by atoms with Crippen molar-refractivity contribution in [3.8, 4) is 0 Å². The van der Waals surface area contributed by atoms with Crippen molar-refractivity contribution in [2.75, 3.05) is 26.1 Å². The molecule has 0 saturated heterocycles. The molecule has 6 nitrogen and oxygen atoms in total. The van der Waals surface area contributed by atoms with E-state index in [1.807, 2.05) is 20.8 Å². The third-order valence-corrected chi connectivity index (χ3v) is 4.04. The number of rotatable bonds is 7. The Kier molecular flexibility index (Phi) is 7.28. The number of carbonyl (C=O) groups excluding carboxylic acids is 1. The number of carbonyl (C=O) groups is 1. The van der Waals surface area contributed by atoms with E-state index >= 15 is 0 Å². The van der Waals surface area contributed by atoms with Crippen molar-refractivity contribution < 1.29 is 26.9 Å². The summed E-state index contributed by atoms with van der Waals surface area (Å²) in [5, 5.41) is 0.